The second kappa shape index (κ2) is 7.45. The number of carbonyl (C=O) groups is 1. The fraction of sp³-hybridized carbons (Fsp3) is 0.412. The zero-order valence-electron chi connectivity index (χ0n) is 13.5. The molecular weight excluding hydrogens is 276 g/mol. The lowest BCUT2D eigenvalue weighted by Gasteiger charge is -2.28. The normalized spacial score (nSPS) is 16.2. The van der Waals surface area contributed by atoms with Crippen molar-refractivity contribution in [3.05, 3.63) is 41.6 Å². The Labute approximate surface area is 131 Å². The number of benzene rings is 1. The van der Waals surface area contributed by atoms with E-state index in [1.807, 2.05) is 42.3 Å². The van der Waals surface area contributed by atoms with E-state index >= 15 is 0 Å². The molecule has 1 aliphatic rings. The topological polar surface area (TPSA) is 62.5 Å². The van der Waals surface area contributed by atoms with E-state index < -0.39 is 0 Å². The maximum Gasteiger partial charge on any atom is 0.161 e. The highest BCUT2D eigenvalue weighted by molar-refractivity contribution is 5.98. The predicted molar refractivity (Wildman–Crippen MR) is 89.7 cm³/mol. The number of pyridine rings is 1. The van der Waals surface area contributed by atoms with Crippen molar-refractivity contribution in [2.75, 3.05) is 33.2 Å². The van der Waals surface area contributed by atoms with Crippen molar-refractivity contribution in [3.8, 4) is 0 Å². The summed E-state index contributed by atoms with van der Waals surface area (Å²) in [4.78, 5) is 17.9. The van der Waals surface area contributed by atoms with Crippen molar-refractivity contribution in [1.82, 2.24) is 14.9 Å². The number of aromatic nitrogens is 1. The number of likely N-dealkylation sites (N-methyl/N-ethyl adjacent to an activating group) is 1. The smallest absolute Gasteiger partial charge is 0.161 e. The molecule has 0 atom stereocenters. The molecule has 1 aromatic carbocycles. The molecule has 0 aliphatic carbocycles. The second-order valence-electron chi connectivity index (χ2n) is 5.71. The standard InChI is InChI=1S/C12H11NO.C5H13N3/c1-8-11(9(2)14)7-10-5-3-4-6-12(10)13-8;1-7-2-4-8(6)5-3-7/h3-7H,1-2H3;2-6H2,1H3. The van der Waals surface area contributed by atoms with Crippen molar-refractivity contribution < 1.29 is 4.79 Å². The summed E-state index contributed by atoms with van der Waals surface area (Å²) in [5, 5.41) is 2.88. The van der Waals surface area contributed by atoms with E-state index in [9.17, 15) is 4.79 Å². The summed E-state index contributed by atoms with van der Waals surface area (Å²) in [5.41, 5.74) is 2.45. The largest absolute Gasteiger partial charge is 0.304 e. The summed E-state index contributed by atoms with van der Waals surface area (Å²) in [5.74, 6) is 5.57. The van der Waals surface area contributed by atoms with E-state index in [0.717, 1.165) is 42.8 Å². The number of fused-ring (bicyclic) bond motifs is 1. The molecule has 3 rings (SSSR count). The Kier molecular flexibility index (Phi) is 5.60. The molecule has 1 fully saturated rings. The van der Waals surface area contributed by atoms with Crippen LogP contribution < -0.4 is 5.84 Å². The lowest BCUT2D eigenvalue weighted by atomic mass is 10.1. The van der Waals surface area contributed by atoms with E-state index in [2.05, 4.69) is 16.9 Å². The Hall–Kier alpha value is -1.82. The minimum atomic E-state index is 0.0701. The van der Waals surface area contributed by atoms with Gasteiger partial charge in [-0.2, -0.15) is 0 Å². The number of piperazine rings is 1. The SMILES string of the molecule is CC(=O)c1cc2ccccc2nc1C.CN1CCN(N)CC1. The van der Waals surface area contributed by atoms with Crippen LogP contribution in [0.5, 0.6) is 0 Å². The number of hydrogen-bond acceptors (Lipinski definition) is 5. The molecule has 0 radical (unpaired) electrons. The fourth-order valence-corrected chi connectivity index (χ4v) is 2.39. The third-order valence-electron chi connectivity index (χ3n) is 3.83. The molecule has 118 valence electrons. The summed E-state index contributed by atoms with van der Waals surface area (Å²) in [6.45, 7) is 7.67. The molecule has 5 heteroatoms. The lowest BCUT2D eigenvalue weighted by Crippen LogP contribution is -2.47. The molecule has 1 aromatic heterocycles. The highest BCUT2D eigenvalue weighted by atomic mass is 16.1. The quantitative estimate of drug-likeness (QED) is 0.643. The van der Waals surface area contributed by atoms with Gasteiger partial charge in [0.05, 0.1) is 5.52 Å². The maximum absolute atomic E-state index is 11.3. The zero-order chi connectivity index (χ0) is 16.1. The van der Waals surface area contributed by atoms with Crippen LogP contribution in [0.2, 0.25) is 0 Å². The van der Waals surface area contributed by atoms with E-state index in [1.165, 1.54) is 0 Å². The number of nitrogens with two attached hydrogens (primary N) is 1. The maximum atomic E-state index is 11.3. The number of hydrazine groups is 1. The van der Waals surface area contributed by atoms with E-state index in [4.69, 9.17) is 5.84 Å². The minimum Gasteiger partial charge on any atom is -0.304 e. The van der Waals surface area contributed by atoms with Gasteiger partial charge in [0.1, 0.15) is 0 Å². The van der Waals surface area contributed by atoms with Crippen molar-refractivity contribution in [2.24, 2.45) is 5.84 Å². The minimum absolute atomic E-state index is 0.0701. The van der Waals surface area contributed by atoms with E-state index in [0.29, 0.717) is 5.56 Å². The summed E-state index contributed by atoms with van der Waals surface area (Å²) < 4.78 is 0. The van der Waals surface area contributed by atoms with Crippen LogP contribution in [0, 0.1) is 6.92 Å². The van der Waals surface area contributed by atoms with Crippen LogP contribution in [0.3, 0.4) is 0 Å². The van der Waals surface area contributed by atoms with Gasteiger partial charge in [-0.15, -0.1) is 0 Å². The van der Waals surface area contributed by atoms with Gasteiger partial charge in [0.15, 0.2) is 5.78 Å². The number of rotatable bonds is 1. The van der Waals surface area contributed by atoms with Crippen molar-refractivity contribution in [1.29, 1.82) is 0 Å². The number of ketones is 1. The Balaban J connectivity index is 0.000000188. The van der Waals surface area contributed by atoms with Crippen LogP contribution in [0.4, 0.5) is 0 Å². The van der Waals surface area contributed by atoms with Gasteiger partial charge >= 0.3 is 0 Å². The van der Waals surface area contributed by atoms with E-state index in [-0.39, 0.29) is 5.78 Å². The van der Waals surface area contributed by atoms with Gasteiger partial charge in [0, 0.05) is 42.8 Å². The molecule has 1 aliphatic heterocycles. The predicted octanol–water partition coefficient (Wildman–Crippen LogP) is 1.85. The molecular formula is C17H24N4O. The lowest BCUT2D eigenvalue weighted by molar-refractivity contribution is 0.101. The van der Waals surface area contributed by atoms with Gasteiger partial charge in [-0.3, -0.25) is 15.6 Å². The third-order valence-corrected chi connectivity index (χ3v) is 3.83. The first kappa shape index (κ1) is 16.5. The molecule has 1 saturated heterocycles. The first-order chi connectivity index (χ1) is 10.5. The number of para-hydroxylation sites is 1. The fourth-order valence-electron chi connectivity index (χ4n) is 2.39. The molecule has 0 bridgehead atoms. The number of carbonyl (C=O) groups excluding carboxylic acids is 1. The molecule has 22 heavy (non-hydrogen) atoms. The Morgan fingerprint density at radius 3 is 2.41 bits per heavy atom. The van der Waals surface area contributed by atoms with Gasteiger partial charge in [-0.1, -0.05) is 18.2 Å². The Morgan fingerprint density at radius 1 is 1.18 bits per heavy atom. The zero-order valence-corrected chi connectivity index (χ0v) is 13.5. The first-order valence-electron chi connectivity index (χ1n) is 7.53. The summed E-state index contributed by atoms with van der Waals surface area (Å²) in [6.07, 6.45) is 0. The monoisotopic (exact) mass is 300 g/mol. The van der Waals surface area contributed by atoms with Crippen LogP contribution in [-0.4, -0.2) is 53.9 Å². The number of hydrogen-bond donors (Lipinski definition) is 1. The van der Waals surface area contributed by atoms with Crippen molar-refractivity contribution in [3.63, 3.8) is 0 Å². The average molecular weight is 300 g/mol. The van der Waals surface area contributed by atoms with E-state index in [1.54, 1.807) is 6.92 Å². The van der Waals surface area contributed by atoms with Gasteiger partial charge in [-0.05, 0) is 33.0 Å². The highest BCUT2D eigenvalue weighted by Gasteiger charge is 2.08. The Morgan fingerprint density at radius 2 is 1.82 bits per heavy atom. The molecule has 0 saturated carbocycles. The van der Waals surface area contributed by atoms with Crippen LogP contribution >= 0.6 is 0 Å². The average Bonchev–Trinajstić information content (AvgIpc) is 2.50. The highest BCUT2D eigenvalue weighted by Crippen LogP contribution is 2.16. The Bertz CT molecular complexity index is 638. The molecule has 0 amide bonds. The molecule has 2 aromatic rings. The van der Waals surface area contributed by atoms with Crippen LogP contribution in [-0.2, 0) is 0 Å². The second-order valence-corrected chi connectivity index (χ2v) is 5.71. The number of nitrogens with zero attached hydrogens (tertiary/aromatic N) is 3. The molecule has 0 unspecified atom stereocenters. The van der Waals surface area contributed by atoms with Gasteiger partial charge in [0.25, 0.3) is 0 Å². The van der Waals surface area contributed by atoms with Crippen molar-refractivity contribution >= 4 is 16.7 Å². The first-order valence-corrected chi connectivity index (χ1v) is 7.53. The molecule has 0 spiro atoms. The number of aryl methyl sites for hydroxylation is 1. The molecule has 2 heterocycles. The summed E-state index contributed by atoms with van der Waals surface area (Å²) in [7, 11) is 2.12. The van der Waals surface area contributed by atoms with Crippen molar-refractivity contribution in [2.45, 2.75) is 13.8 Å². The third kappa shape index (κ3) is 4.34. The van der Waals surface area contributed by atoms with Gasteiger partial charge in [-0.25, -0.2) is 5.01 Å². The molecule has 2 N–H and O–H groups in total. The summed E-state index contributed by atoms with van der Waals surface area (Å²) in [6, 6.07) is 9.71. The van der Waals surface area contributed by atoms with Gasteiger partial charge < -0.3 is 4.90 Å². The van der Waals surface area contributed by atoms with Crippen LogP contribution in [0.1, 0.15) is 23.0 Å². The summed E-state index contributed by atoms with van der Waals surface area (Å²) >= 11 is 0. The van der Waals surface area contributed by atoms with Crippen LogP contribution in [0.25, 0.3) is 10.9 Å². The molecule has 5 nitrogen and oxygen atoms in total. The van der Waals surface area contributed by atoms with Gasteiger partial charge in [0.2, 0.25) is 0 Å². The van der Waals surface area contributed by atoms with Crippen LogP contribution in [0.15, 0.2) is 30.3 Å². The number of Topliss-reactive ketones (excluding diaryl/α,β-unsaturated/α-hetero) is 1.